The van der Waals surface area contributed by atoms with Crippen molar-refractivity contribution in [1.82, 2.24) is 30.2 Å². The monoisotopic (exact) mass is 820 g/mol. The van der Waals surface area contributed by atoms with Gasteiger partial charge in [0.05, 0.1) is 18.9 Å². The van der Waals surface area contributed by atoms with Crippen LogP contribution in [0.2, 0.25) is 0 Å². The van der Waals surface area contributed by atoms with Crippen molar-refractivity contribution in [2.75, 3.05) is 27.3 Å². The molecule has 6 bridgehead atoms. The molecule has 5 atom stereocenters. The first kappa shape index (κ1) is 42.8. The molecule has 1 aliphatic carbocycles. The minimum atomic E-state index is -1.09. The highest BCUT2D eigenvalue weighted by Gasteiger charge is 2.44. The summed E-state index contributed by atoms with van der Waals surface area (Å²) in [4.78, 5) is 62.1. The SMILES string of the molecule is CCn1c(-c2cnccc2COC)c2c3cc(ccc31)-c1cc(O)cc(c1)CC(NC(=O)[C@H](C(C)C)N(C)C(=O)C1C[C@@H]1C)C(=O)N1CCC[C@H](N1)C(=O)OCC(C)(C)C2. The second kappa shape index (κ2) is 17.4. The molecule has 2 aromatic carbocycles. The minimum Gasteiger partial charge on any atom is -0.508 e. The van der Waals surface area contributed by atoms with Gasteiger partial charge in [0.15, 0.2) is 0 Å². The fourth-order valence-electron chi connectivity index (χ4n) is 9.18. The third-order valence-electron chi connectivity index (χ3n) is 12.4. The van der Waals surface area contributed by atoms with Gasteiger partial charge in [-0.3, -0.25) is 29.2 Å². The normalized spacial score (nSPS) is 22.2. The van der Waals surface area contributed by atoms with Gasteiger partial charge in [0.1, 0.15) is 23.9 Å². The van der Waals surface area contributed by atoms with Gasteiger partial charge in [0.2, 0.25) is 11.8 Å². The van der Waals surface area contributed by atoms with Crippen molar-refractivity contribution in [2.45, 2.75) is 105 Å². The quantitative estimate of drug-likeness (QED) is 0.172. The van der Waals surface area contributed by atoms with Crippen LogP contribution in [0.1, 0.15) is 77.5 Å². The van der Waals surface area contributed by atoms with Crippen molar-refractivity contribution in [3.63, 3.8) is 0 Å². The molecule has 60 heavy (non-hydrogen) atoms. The van der Waals surface area contributed by atoms with Crippen LogP contribution < -0.4 is 10.7 Å². The number of likely N-dealkylation sites (N-methyl/N-ethyl adjacent to an activating group) is 1. The molecular formula is C47H60N6O7. The lowest BCUT2D eigenvalue weighted by molar-refractivity contribution is -0.155. The Labute approximate surface area is 352 Å². The Hall–Kier alpha value is -5.27. The number of aromatic hydroxyl groups is 1. The van der Waals surface area contributed by atoms with E-state index in [0.717, 1.165) is 50.8 Å². The molecule has 320 valence electrons. The maximum absolute atomic E-state index is 14.6. The lowest BCUT2D eigenvalue weighted by Crippen LogP contribution is -2.62. The summed E-state index contributed by atoms with van der Waals surface area (Å²) < 4.78 is 14.0. The molecule has 13 heteroatoms. The molecule has 1 saturated carbocycles. The third kappa shape index (κ3) is 8.79. The predicted molar refractivity (Wildman–Crippen MR) is 229 cm³/mol. The number of rotatable bonds is 9. The van der Waals surface area contributed by atoms with Crippen molar-refractivity contribution in [1.29, 1.82) is 0 Å². The van der Waals surface area contributed by atoms with Crippen LogP contribution in [0, 0.1) is 23.2 Å². The van der Waals surface area contributed by atoms with E-state index in [9.17, 15) is 24.3 Å². The number of ether oxygens (including phenoxy) is 2. The van der Waals surface area contributed by atoms with Crippen LogP contribution in [0.4, 0.5) is 0 Å². The number of hydrogen-bond donors (Lipinski definition) is 3. The molecule has 2 aliphatic heterocycles. The van der Waals surface area contributed by atoms with E-state index in [1.54, 1.807) is 32.5 Å². The van der Waals surface area contributed by atoms with Crippen LogP contribution in [0.5, 0.6) is 5.75 Å². The Balaban J connectivity index is 1.34. The van der Waals surface area contributed by atoms with Crippen LogP contribution in [0.3, 0.4) is 0 Å². The fourth-order valence-corrected chi connectivity index (χ4v) is 9.18. The van der Waals surface area contributed by atoms with Gasteiger partial charge < -0.3 is 29.4 Å². The number of amides is 3. The van der Waals surface area contributed by atoms with Crippen LogP contribution in [-0.4, -0.2) is 93.7 Å². The van der Waals surface area contributed by atoms with Crippen molar-refractivity contribution in [3.8, 4) is 28.1 Å². The number of hydrogen-bond acceptors (Lipinski definition) is 9. The molecule has 2 unspecified atom stereocenters. The number of carbonyl (C=O) groups is 4. The molecule has 3 aliphatic rings. The van der Waals surface area contributed by atoms with Gasteiger partial charge in [0, 0.05) is 73.9 Å². The summed E-state index contributed by atoms with van der Waals surface area (Å²) in [7, 11) is 3.34. The van der Waals surface area contributed by atoms with Gasteiger partial charge in [-0.2, -0.15) is 0 Å². The molecular weight excluding hydrogens is 761 g/mol. The van der Waals surface area contributed by atoms with Crippen molar-refractivity contribution in [2.24, 2.45) is 23.2 Å². The molecule has 4 heterocycles. The summed E-state index contributed by atoms with van der Waals surface area (Å²) in [5.41, 5.74) is 9.94. The lowest BCUT2D eigenvalue weighted by Gasteiger charge is -2.36. The maximum Gasteiger partial charge on any atom is 0.324 e. The summed E-state index contributed by atoms with van der Waals surface area (Å²) in [5.74, 6) is -1.47. The third-order valence-corrected chi connectivity index (χ3v) is 12.4. The Morgan fingerprint density at radius 1 is 1.13 bits per heavy atom. The largest absolute Gasteiger partial charge is 0.508 e. The molecule has 1 saturated heterocycles. The molecule has 2 aromatic heterocycles. The number of hydrazine groups is 1. The van der Waals surface area contributed by atoms with Gasteiger partial charge in [-0.15, -0.1) is 0 Å². The molecule has 3 amide bonds. The topological polar surface area (TPSA) is 155 Å². The smallest absolute Gasteiger partial charge is 0.324 e. The van der Waals surface area contributed by atoms with Gasteiger partial charge in [-0.1, -0.05) is 46.8 Å². The van der Waals surface area contributed by atoms with E-state index in [-0.39, 0.29) is 42.4 Å². The molecule has 3 N–H and O–H groups in total. The Morgan fingerprint density at radius 3 is 2.60 bits per heavy atom. The second-order valence-corrected chi connectivity index (χ2v) is 18.1. The number of benzene rings is 2. The summed E-state index contributed by atoms with van der Waals surface area (Å²) in [6.07, 6.45) is 6.07. The Bertz CT molecular complexity index is 2280. The first-order valence-corrected chi connectivity index (χ1v) is 21.3. The number of nitrogens with zero attached hydrogens (tertiary/aromatic N) is 4. The van der Waals surface area contributed by atoms with Crippen molar-refractivity contribution < 1.29 is 33.8 Å². The van der Waals surface area contributed by atoms with Gasteiger partial charge in [-0.05, 0) is 103 Å². The Kier molecular flexibility index (Phi) is 12.4. The minimum absolute atomic E-state index is 0.0186. The number of aromatic nitrogens is 2. The predicted octanol–water partition coefficient (Wildman–Crippen LogP) is 6.03. The summed E-state index contributed by atoms with van der Waals surface area (Å²) >= 11 is 0. The molecule has 4 aromatic rings. The number of pyridine rings is 1. The number of aryl methyl sites for hydroxylation is 1. The summed E-state index contributed by atoms with van der Waals surface area (Å²) in [5, 5.41) is 16.7. The van der Waals surface area contributed by atoms with Gasteiger partial charge in [0.25, 0.3) is 5.91 Å². The van der Waals surface area contributed by atoms with E-state index < -0.39 is 41.3 Å². The number of methoxy groups -OCH3 is 1. The highest BCUT2D eigenvalue weighted by Crippen LogP contribution is 2.42. The zero-order chi connectivity index (χ0) is 43.0. The summed E-state index contributed by atoms with van der Waals surface area (Å²) in [6.45, 7) is 13.6. The van der Waals surface area contributed by atoms with E-state index in [0.29, 0.717) is 44.5 Å². The van der Waals surface area contributed by atoms with Crippen LogP contribution >= 0.6 is 0 Å². The number of carbonyl (C=O) groups excluding carboxylic acids is 4. The zero-order valence-electron chi connectivity index (χ0n) is 36.2. The highest BCUT2D eigenvalue weighted by molar-refractivity contribution is 5.96. The van der Waals surface area contributed by atoms with E-state index in [1.165, 1.54) is 9.91 Å². The average molecular weight is 821 g/mol. The van der Waals surface area contributed by atoms with Gasteiger partial charge in [-0.25, -0.2) is 5.43 Å². The first-order valence-electron chi connectivity index (χ1n) is 21.3. The van der Waals surface area contributed by atoms with Crippen molar-refractivity contribution >= 4 is 34.6 Å². The van der Waals surface area contributed by atoms with Gasteiger partial charge >= 0.3 is 5.97 Å². The Morgan fingerprint density at radius 2 is 1.90 bits per heavy atom. The molecule has 0 radical (unpaired) electrons. The van der Waals surface area contributed by atoms with E-state index in [2.05, 4.69) is 53.2 Å². The molecule has 13 nitrogen and oxygen atoms in total. The van der Waals surface area contributed by atoms with Crippen LogP contribution in [-0.2, 0) is 54.6 Å². The maximum atomic E-state index is 14.6. The van der Waals surface area contributed by atoms with E-state index >= 15 is 0 Å². The van der Waals surface area contributed by atoms with E-state index in [4.69, 9.17) is 9.47 Å². The standard InChI is InChI=1S/C47H60N6O7/c1-9-52-40-13-12-30-22-35(40)36(42(52)37-24-48-15-14-31(37)25-59-8)23-47(5,6)26-60-46(58)38-11-10-16-53(50-38)45(57)39(20-29-18-32(30)21-33(54)19-29)49-43(55)41(27(2)3)51(7)44(56)34-17-28(34)4/h12-15,18-19,21-22,24,27-28,34,38-39,41,50,54H,9-11,16-17,20,23,25-26H2,1-8H3,(H,49,55)/t28-,34?,38-,39?,41-/m0/s1. The number of nitrogens with one attached hydrogen (secondary N) is 2. The van der Waals surface area contributed by atoms with Crippen LogP contribution in [0.25, 0.3) is 33.3 Å². The van der Waals surface area contributed by atoms with Crippen molar-refractivity contribution in [3.05, 3.63) is 71.5 Å². The number of phenols is 1. The summed E-state index contributed by atoms with van der Waals surface area (Å²) in [6, 6.07) is 10.8. The molecule has 7 rings (SSSR count). The van der Waals surface area contributed by atoms with Crippen LogP contribution in [0.15, 0.2) is 54.9 Å². The average Bonchev–Trinajstić information content (AvgIpc) is 3.88. The fraction of sp³-hybridized carbons (Fsp3) is 0.511. The molecule has 0 spiro atoms. The molecule has 2 fully saturated rings. The number of phenolic OH excluding ortho intramolecular Hbond substituents is 1. The first-order chi connectivity index (χ1) is 28.6. The second-order valence-electron chi connectivity index (χ2n) is 18.1. The zero-order valence-corrected chi connectivity index (χ0v) is 36.2. The highest BCUT2D eigenvalue weighted by atomic mass is 16.5. The van der Waals surface area contributed by atoms with E-state index in [1.807, 2.05) is 45.2 Å². The number of cyclic esters (lactones) is 1. The number of esters is 1. The lowest BCUT2D eigenvalue weighted by atomic mass is 9.84. The number of fused-ring (bicyclic) bond motifs is 6.